The summed E-state index contributed by atoms with van der Waals surface area (Å²) in [4.78, 5) is 45.4. The second kappa shape index (κ2) is 18.9. The van der Waals surface area contributed by atoms with Gasteiger partial charge in [-0.15, -0.1) is 4.99 Å². The number of nitrogens with two attached hydrogens (primary N) is 1. The van der Waals surface area contributed by atoms with Gasteiger partial charge in [-0.1, -0.05) is 75.2 Å². The summed E-state index contributed by atoms with van der Waals surface area (Å²) in [6.45, 7) is 11.8. The van der Waals surface area contributed by atoms with Crippen LogP contribution < -0.4 is 11.9 Å². The maximum Gasteiger partial charge on any atom is 0.287 e. The minimum absolute atomic E-state index is 0. The molecule has 5 N–H and O–H groups in total. The van der Waals surface area contributed by atoms with Crippen LogP contribution in [0.5, 0.6) is 0 Å². The van der Waals surface area contributed by atoms with Crippen molar-refractivity contribution in [1.82, 2.24) is 6.15 Å². The molecular formula is C23H33N3O4. The number of amides is 2. The topological polar surface area (TPSA) is 142 Å². The number of ketones is 1. The Morgan fingerprint density at radius 3 is 1.50 bits per heavy atom. The molecule has 2 amide bonds. The van der Waals surface area contributed by atoms with E-state index < -0.39 is 11.8 Å². The molecule has 30 heavy (non-hydrogen) atoms. The van der Waals surface area contributed by atoms with Crippen molar-refractivity contribution in [2.24, 2.45) is 10.7 Å². The van der Waals surface area contributed by atoms with Gasteiger partial charge in [0.25, 0.3) is 5.91 Å². The number of rotatable bonds is 4. The van der Waals surface area contributed by atoms with Gasteiger partial charge in [-0.25, -0.2) is 4.79 Å². The fraction of sp³-hybridized carbons (Fsp3) is 0.304. The molecule has 164 valence electrons. The first-order valence-electron chi connectivity index (χ1n) is 9.40. The lowest BCUT2D eigenvalue weighted by molar-refractivity contribution is -0.117. The van der Waals surface area contributed by atoms with Crippen molar-refractivity contribution in [3.8, 4) is 0 Å². The number of aliphatic imine (C=N–C) groups is 1. The van der Waals surface area contributed by atoms with Crippen molar-refractivity contribution in [3.63, 3.8) is 0 Å². The quantitative estimate of drug-likeness (QED) is 0.321. The van der Waals surface area contributed by atoms with Gasteiger partial charge >= 0.3 is 0 Å². The van der Waals surface area contributed by atoms with Crippen LogP contribution in [0, 0.1) is 13.8 Å². The third kappa shape index (κ3) is 13.7. The van der Waals surface area contributed by atoms with E-state index in [1.54, 1.807) is 36.4 Å². The molecule has 7 nitrogen and oxygen atoms in total. The normalized spacial score (nSPS) is 8.07. The summed E-state index contributed by atoms with van der Waals surface area (Å²) in [6.07, 6.45) is 0.987. The highest BCUT2D eigenvalue weighted by Gasteiger charge is 2.07. The molecule has 0 aliphatic carbocycles. The van der Waals surface area contributed by atoms with E-state index in [4.69, 9.17) is 5.73 Å². The van der Waals surface area contributed by atoms with Gasteiger partial charge < -0.3 is 11.9 Å². The minimum Gasteiger partial charge on any atom is -0.369 e. The van der Waals surface area contributed by atoms with Gasteiger partial charge in [-0.05, 0) is 26.0 Å². The van der Waals surface area contributed by atoms with Crippen molar-refractivity contribution >= 4 is 23.7 Å². The zero-order chi connectivity index (χ0) is 22.8. The Morgan fingerprint density at radius 1 is 0.800 bits per heavy atom. The maximum atomic E-state index is 11.3. The molecule has 0 radical (unpaired) electrons. The van der Waals surface area contributed by atoms with Crippen molar-refractivity contribution in [1.29, 1.82) is 0 Å². The molecule has 0 saturated heterocycles. The summed E-state index contributed by atoms with van der Waals surface area (Å²) in [6, 6.07) is 13.9. The highest BCUT2D eigenvalue weighted by atomic mass is 16.2. The van der Waals surface area contributed by atoms with E-state index in [2.05, 4.69) is 4.99 Å². The molecular weight excluding hydrogens is 382 g/mol. The van der Waals surface area contributed by atoms with E-state index in [0.717, 1.165) is 11.1 Å². The number of nitrogens with zero attached hydrogens (tertiary/aromatic N) is 1. The van der Waals surface area contributed by atoms with Crippen LogP contribution in [0.1, 0.15) is 66.0 Å². The smallest absolute Gasteiger partial charge is 0.287 e. The summed E-state index contributed by atoms with van der Waals surface area (Å²) in [5.74, 6) is -1.37. The third-order valence-corrected chi connectivity index (χ3v) is 3.15. The lowest BCUT2D eigenvalue weighted by atomic mass is 10.1. The van der Waals surface area contributed by atoms with Gasteiger partial charge in [-0.3, -0.25) is 14.4 Å². The van der Waals surface area contributed by atoms with Crippen LogP contribution in [0.3, 0.4) is 0 Å². The number of benzene rings is 2. The Morgan fingerprint density at radius 2 is 1.17 bits per heavy atom. The van der Waals surface area contributed by atoms with Crippen LogP contribution in [0.2, 0.25) is 0 Å². The van der Waals surface area contributed by atoms with E-state index in [1.165, 1.54) is 6.08 Å². The molecule has 0 spiro atoms. The van der Waals surface area contributed by atoms with Crippen molar-refractivity contribution in [3.05, 3.63) is 70.8 Å². The zero-order valence-corrected chi connectivity index (χ0v) is 18.7. The number of primary amides is 1. The minimum atomic E-state index is -0.592. The maximum absolute atomic E-state index is 11.3. The van der Waals surface area contributed by atoms with Crippen LogP contribution in [0.15, 0.2) is 53.5 Å². The molecule has 0 aliphatic rings. The Balaban J connectivity index is -0.000000406. The monoisotopic (exact) mass is 415 g/mol. The number of isocyanates is 1. The highest BCUT2D eigenvalue weighted by molar-refractivity contribution is 6.06. The number of hydrogen-bond acceptors (Lipinski definition) is 5. The summed E-state index contributed by atoms with van der Waals surface area (Å²) >= 11 is 0. The van der Waals surface area contributed by atoms with E-state index >= 15 is 0 Å². The summed E-state index contributed by atoms with van der Waals surface area (Å²) < 4.78 is 0. The van der Waals surface area contributed by atoms with Gasteiger partial charge in [0.1, 0.15) is 0 Å². The number of Topliss-reactive ketones (excluding diaryl/α,β-unsaturated/α-hetero) is 1. The standard InChI is InChI=1S/C10H11NO2.C9H7NO2.2C2H6.H3N/c1-7-2-4-8(5-3-7)9(12)6-10(11)13;1-7-2-4-8(5-3-7)9(12)10-6-11;2*1-2;/h2-5H,6H2,1H3,(H2,11,13);2-5H,1H3;2*1-2H3;1H3. The molecule has 0 aromatic heterocycles. The number of hydrogen-bond donors (Lipinski definition) is 2. The van der Waals surface area contributed by atoms with Gasteiger partial charge in [0.15, 0.2) is 5.78 Å². The van der Waals surface area contributed by atoms with Crippen LogP contribution in [0.25, 0.3) is 0 Å². The largest absolute Gasteiger partial charge is 0.369 e. The molecule has 7 heteroatoms. The molecule has 0 saturated carbocycles. The second-order valence-corrected chi connectivity index (χ2v) is 5.31. The lowest BCUT2D eigenvalue weighted by Gasteiger charge is -1.98. The second-order valence-electron chi connectivity index (χ2n) is 5.31. The molecule has 0 fully saturated rings. The van der Waals surface area contributed by atoms with Crippen molar-refractivity contribution in [2.45, 2.75) is 48.0 Å². The summed E-state index contributed by atoms with van der Waals surface area (Å²) in [5, 5.41) is 0. The van der Waals surface area contributed by atoms with E-state index in [-0.39, 0.29) is 18.4 Å². The third-order valence-electron chi connectivity index (χ3n) is 3.15. The molecule has 2 aromatic carbocycles. The first-order chi connectivity index (χ1) is 13.8. The van der Waals surface area contributed by atoms with Gasteiger partial charge in [-0.2, -0.15) is 0 Å². The molecule has 0 atom stereocenters. The zero-order valence-electron chi connectivity index (χ0n) is 18.7. The average molecular weight is 416 g/mol. The number of carbonyl (C=O) groups is 3. The fourth-order valence-electron chi connectivity index (χ4n) is 1.80. The van der Waals surface area contributed by atoms with Crippen molar-refractivity contribution < 1.29 is 19.2 Å². The van der Waals surface area contributed by atoms with Crippen LogP contribution in [0.4, 0.5) is 0 Å². The number of aryl methyl sites for hydroxylation is 2. The number of carbonyl (C=O) groups excluding carboxylic acids is 4. The van der Waals surface area contributed by atoms with Gasteiger partial charge in [0.05, 0.1) is 6.42 Å². The first kappa shape index (κ1) is 31.3. The van der Waals surface area contributed by atoms with E-state index in [0.29, 0.717) is 11.1 Å². The predicted molar refractivity (Wildman–Crippen MR) is 121 cm³/mol. The molecule has 0 bridgehead atoms. The Hall–Kier alpha value is -3.41. The fourth-order valence-corrected chi connectivity index (χ4v) is 1.80. The molecule has 0 heterocycles. The lowest BCUT2D eigenvalue weighted by Crippen LogP contribution is -2.16. The predicted octanol–water partition coefficient (Wildman–Crippen LogP) is 4.74. The SMILES string of the molecule is CC.CC.Cc1ccc(C(=O)CC(N)=O)cc1.Cc1ccc(C(=O)N=C=O)cc1.N. The first-order valence-corrected chi connectivity index (χ1v) is 9.40. The van der Waals surface area contributed by atoms with Gasteiger partial charge in [0, 0.05) is 11.1 Å². The summed E-state index contributed by atoms with van der Waals surface area (Å²) in [7, 11) is 0. The highest BCUT2D eigenvalue weighted by Crippen LogP contribution is 2.05. The van der Waals surface area contributed by atoms with Crippen LogP contribution in [-0.2, 0) is 9.59 Å². The van der Waals surface area contributed by atoms with Crippen molar-refractivity contribution in [2.75, 3.05) is 0 Å². The Kier molecular flexibility index (Phi) is 19.7. The Bertz CT molecular complexity index is 807. The Labute approximate surface area is 179 Å². The van der Waals surface area contributed by atoms with Gasteiger partial charge in [0.2, 0.25) is 12.0 Å². The van der Waals surface area contributed by atoms with E-state index in [1.807, 2.05) is 53.7 Å². The van der Waals surface area contributed by atoms with Crippen LogP contribution in [-0.4, -0.2) is 23.7 Å². The average Bonchev–Trinajstić information content (AvgIpc) is 2.72. The van der Waals surface area contributed by atoms with E-state index in [9.17, 15) is 19.2 Å². The van der Waals surface area contributed by atoms with Crippen LogP contribution >= 0.6 is 0 Å². The molecule has 0 aliphatic heterocycles. The molecule has 2 rings (SSSR count). The molecule has 2 aromatic rings. The molecule has 0 unspecified atom stereocenters. The summed E-state index contributed by atoms with van der Waals surface area (Å²) in [5.41, 5.74) is 7.98.